The first-order chi connectivity index (χ1) is 9.99. The molecule has 2 rings (SSSR count). The van der Waals surface area contributed by atoms with Gasteiger partial charge in [-0.25, -0.2) is 0 Å². The first-order valence-electron chi connectivity index (χ1n) is 7.39. The number of aryl methyl sites for hydroxylation is 1. The van der Waals surface area contributed by atoms with E-state index in [1.54, 1.807) is 0 Å². The average Bonchev–Trinajstić information content (AvgIpc) is 2.45. The molecule has 0 saturated heterocycles. The summed E-state index contributed by atoms with van der Waals surface area (Å²) < 4.78 is 5.75. The van der Waals surface area contributed by atoms with E-state index in [-0.39, 0.29) is 6.10 Å². The molecule has 21 heavy (non-hydrogen) atoms. The number of nitrogens with zero attached hydrogens (tertiary/aromatic N) is 1. The minimum atomic E-state index is 0.133. The average molecular weight is 284 g/mol. The van der Waals surface area contributed by atoms with Gasteiger partial charge in [-0.15, -0.1) is 0 Å². The summed E-state index contributed by atoms with van der Waals surface area (Å²) in [5.41, 5.74) is 10.2. The van der Waals surface area contributed by atoms with Crippen molar-refractivity contribution >= 4 is 17.1 Å². The lowest BCUT2D eigenvalue weighted by molar-refractivity contribution is 0.242. The SMILES string of the molecule is CCc1ccc(N(C)c2cc(N)cc(OC(C)C)c2)cc1. The van der Waals surface area contributed by atoms with Crippen LogP contribution in [0.1, 0.15) is 26.3 Å². The molecule has 0 heterocycles. The Bertz CT molecular complexity index is 591. The van der Waals surface area contributed by atoms with Crippen molar-refractivity contribution in [1.82, 2.24) is 0 Å². The fourth-order valence-corrected chi connectivity index (χ4v) is 2.24. The molecule has 2 aromatic rings. The van der Waals surface area contributed by atoms with E-state index in [4.69, 9.17) is 10.5 Å². The van der Waals surface area contributed by atoms with Gasteiger partial charge in [-0.3, -0.25) is 0 Å². The Hall–Kier alpha value is -2.16. The van der Waals surface area contributed by atoms with Gasteiger partial charge in [-0.1, -0.05) is 19.1 Å². The van der Waals surface area contributed by atoms with Crippen molar-refractivity contribution in [2.45, 2.75) is 33.3 Å². The Morgan fingerprint density at radius 3 is 2.29 bits per heavy atom. The summed E-state index contributed by atoms with van der Waals surface area (Å²) in [5.74, 6) is 0.803. The molecule has 0 aromatic heterocycles. The molecule has 0 saturated carbocycles. The standard InChI is InChI=1S/C18H24N2O/c1-5-14-6-8-16(9-7-14)20(4)17-10-15(19)11-18(12-17)21-13(2)3/h6-13H,5,19H2,1-4H3. The number of nitrogens with two attached hydrogens (primary N) is 1. The molecule has 112 valence electrons. The van der Waals surface area contributed by atoms with E-state index in [0.717, 1.165) is 23.5 Å². The van der Waals surface area contributed by atoms with Crippen LogP contribution in [0.3, 0.4) is 0 Å². The molecule has 0 aliphatic rings. The van der Waals surface area contributed by atoms with Crippen LogP contribution in [0.25, 0.3) is 0 Å². The van der Waals surface area contributed by atoms with Gasteiger partial charge < -0.3 is 15.4 Å². The monoisotopic (exact) mass is 284 g/mol. The lowest BCUT2D eigenvalue weighted by Gasteiger charge is -2.21. The van der Waals surface area contributed by atoms with Gasteiger partial charge in [0.15, 0.2) is 0 Å². The summed E-state index contributed by atoms with van der Waals surface area (Å²) in [7, 11) is 2.04. The molecule has 0 aliphatic carbocycles. The fourth-order valence-electron chi connectivity index (χ4n) is 2.24. The third-order valence-electron chi connectivity index (χ3n) is 3.40. The number of anilines is 3. The molecule has 0 fully saturated rings. The van der Waals surface area contributed by atoms with Crippen molar-refractivity contribution in [3.8, 4) is 5.75 Å². The second kappa shape index (κ2) is 6.53. The second-order valence-electron chi connectivity index (χ2n) is 5.51. The van der Waals surface area contributed by atoms with Crippen molar-refractivity contribution in [2.75, 3.05) is 17.7 Å². The maximum absolute atomic E-state index is 5.99. The van der Waals surface area contributed by atoms with E-state index in [1.165, 1.54) is 5.56 Å². The zero-order chi connectivity index (χ0) is 15.4. The normalized spacial score (nSPS) is 10.7. The maximum Gasteiger partial charge on any atom is 0.123 e. The van der Waals surface area contributed by atoms with Crippen LogP contribution in [0.15, 0.2) is 42.5 Å². The molecule has 0 bridgehead atoms. The molecule has 3 heteroatoms. The molecular formula is C18H24N2O. The molecular weight excluding hydrogens is 260 g/mol. The summed E-state index contributed by atoms with van der Waals surface area (Å²) in [6.45, 7) is 6.18. The summed E-state index contributed by atoms with van der Waals surface area (Å²) in [6.07, 6.45) is 1.18. The van der Waals surface area contributed by atoms with Gasteiger partial charge in [0.2, 0.25) is 0 Å². The molecule has 0 unspecified atom stereocenters. The molecule has 3 nitrogen and oxygen atoms in total. The zero-order valence-corrected chi connectivity index (χ0v) is 13.3. The molecule has 0 spiro atoms. The van der Waals surface area contributed by atoms with Crippen LogP contribution in [-0.2, 0) is 6.42 Å². The van der Waals surface area contributed by atoms with E-state index in [1.807, 2.05) is 39.1 Å². The Labute approximate surface area is 127 Å². The van der Waals surface area contributed by atoms with Crippen molar-refractivity contribution in [1.29, 1.82) is 0 Å². The Balaban J connectivity index is 2.28. The van der Waals surface area contributed by atoms with Crippen LogP contribution in [0, 0.1) is 0 Å². The van der Waals surface area contributed by atoms with E-state index in [2.05, 4.69) is 36.1 Å². The molecule has 2 N–H and O–H groups in total. The van der Waals surface area contributed by atoms with Gasteiger partial charge in [0.1, 0.15) is 5.75 Å². The third-order valence-corrected chi connectivity index (χ3v) is 3.40. The summed E-state index contributed by atoms with van der Waals surface area (Å²) >= 11 is 0. The Kier molecular flexibility index (Phi) is 4.73. The van der Waals surface area contributed by atoms with E-state index < -0.39 is 0 Å². The zero-order valence-electron chi connectivity index (χ0n) is 13.3. The number of rotatable bonds is 5. The van der Waals surface area contributed by atoms with Crippen molar-refractivity contribution < 1.29 is 4.74 Å². The van der Waals surface area contributed by atoms with Crippen LogP contribution < -0.4 is 15.4 Å². The highest BCUT2D eigenvalue weighted by Gasteiger charge is 2.08. The molecule has 0 radical (unpaired) electrons. The fraction of sp³-hybridized carbons (Fsp3) is 0.333. The van der Waals surface area contributed by atoms with Crippen molar-refractivity contribution in [3.05, 3.63) is 48.0 Å². The highest BCUT2D eigenvalue weighted by Crippen LogP contribution is 2.30. The van der Waals surface area contributed by atoms with Gasteiger partial charge in [0.25, 0.3) is 0 Å². The first-order valence-corrected chi connectivity index (χ1v) is 7.39. The van der Waals surface area contributed by atoms with Crippen molar-refractivity contribution in [2.24, 2.45) is 0 Å². The van der Waals surface area contributed by atoms with Gasteiger partial charge in [0, 0.05) is 36.2 Å². The van der Waals surface area contributed by atoms with Crippen LogP contribution in [-0.4, -0.2) is 13.2 Å². The largest absolute Gasteiger partial charge is 0.491 e. The minimum absolute atomic E-state index is 0.133. The number of hydrogen-bond acceptors (Lipinski definition) is 3. The van der Waals surface area contributed by atoms with Crippen LogP contribution in [0.2, 0.25) is 0 Å². The van der Waals surface area contributed by atoms with Crippen molar-refractivity contribution in [3.63, 3.8) is 0 Å². The summed E-state index contributed by atoms with van der Waals surface area (Å²) in [5, 5.41) is 0. The second-order valence-corrected chi connectivity index (χ2v) is 5.51. The van der Waals surface area contributed by atoms with Crippen LogP contribution >= 0.6 is 0 Å². The number of ether oxygens (including phenoxy) is 1. The van der Waals surface area contributed by atoms with Gasteiger partial charge in [-0.05, 0) is 44.0 Å². The van der Waals surface area contributed by atoms with E-state index in [0.29, 0.717) is 5.69 Å². The maximum atomic E-state index is 5.99. The van der Waals surface area contributed by atoms with Crippen LogP contribution in [0.4, 0.5) is 17.1 Å². The van der Waals surface area contributed by atoms with E-state index >= 15 is 0 Å². The third kappa shape index (κ3) is 3.91. The summed E-state index contributed by atoms with van der Waals surface area (Å²) in [6, 6.07) is 14.4. The number of nitrogen functional groups attached to an aromatic ring is 1. The molecule has 0 amide bonds. The van der Waals surface area contributed by atoms with Gasteiger partial charge >= 0.3 is 0 Å². The first kappa shape index (κ1) is 15.2. The lowest BCUT2D eigenvalue weighted by Crippen LogP contribution is -2.11. The Morgan fingerprint density at radius 2 is 1.71 bits per heavy atom. The summed E-state index contributed by atoms with van der Waals surface area (Å²) in [4.78, 5) is 2.11. The lowest BCUT2D eigenvalue weighted by atomic mass is 10.1. The van der Waals surface area contributed by atoms with Gasteiger partial charge in [-0.2, -0.15) is 0 Å². The van der Waals surface area contributed by atoms with Gasteiger partial charge in [0.05, 0.1) is 6.10 Å². The quantitative estimate of drug-likeness (QED) is 0.828. The molecule has 2 aromatic carbocycles. The minimum Gasteiger partial charge on any atom is -0.491 e. The van der Waals surface area contributed by atoms with Crippen LogP contribution in [0.5, 0.6) is 5.75 Å². The van der Waals surface area contributed by atoms with E-state index in [9.17, 15) is 0 Å². The predicted octanol–water partition coefficient (Wildman–Crippen LogP) is 4.39. The molecule has 0 aliphatic heterocycles. The smallest absolute Gasteiger partial charge is 0.123 e. The molecule has 0 atom stereocenters. The number of benzene rings is 2. The Morgan fingerprint density at radius 1 is 1.05 bits per heavy atom. The predicted molar refractivity (Wildman–Crippen MR) is 90.5 cm³/mol. The topological polar surface area (TPSA) is 38.5 Å². The highest BCUT2D eigenvalue weighted by atomic mass is 16.5. The highest BCUT2D eigenvalue weighted by molar-refractivity contribution is 5.68. The number of hydrogen-bond donors (Lipinski definition) is 1.